The smallest absolute Gasteiger partial charge is 0.482 e. The van der Waals surface area contributed by atoms with Gasteiger partial charge in [0.1, 0.15) is 5.75 Å². The van der Waals surface area contributed by atoms with E-state index in [2.05, 4.69) is 0 Å². The third kappa shape index (κ3) is 2.69. The third-order valence-corrected chi connectivity index (χ3v) is 1.15. The first kappa shape index (κ1) is 8.70. The lowest BCUT2D eigenvalue weighted by Gasteiger charge is -2.08. The lowest BCUT2D eigenvalue weighted by Crippen LogP contribution is -2.20. The van der Waals surface area contributed by atoms with E-state index in [0.29, 0.717) is 0 Å². The van der Waals surface area contributed by atoms with Gasteiger partial charge in [-0.25, -0.2) is 0 Å². The first-order valence-electron chi connectivity index (χ1n) is 3.11. The molecule has 0 aliphatic rings. The predicted octanol–water partition coefficient (Wildman–Crippen LogP) is 2.32. The number of phenolic OH excluding ortho intramolecular Hbond substituents is 1. The Bertz CT molecular complexity index is 254. The number of halogens is 3. The molecule has 0 heterocycles. The second kappa shape index (κ2) is 2.92. The topological polar surface area (TPSA) is 32.3 Å². The van der Waals surface area contributed by atoms with Gasteiger partial charge in [0.25, 0.3) is 0 Å². The highest BCUT2D eigenvalue weighted by Gasteiger charge is 2.26. The van der Waals surface area contributed by atoms with Crippen molar-refractivity contribution in [3.63, 3.8) is 0 Å². The maximum atomic E-state index is 11.7. The highest BCUT2D eigenvalue weighted by Crippen LogP contribution is 2.21. The highest BCUT2D eigenvalue weighted by molar-refractivity contribution is 5.46. The van der Waals surface area contributed by atoms with Crippen LogP contribution in [-0.2, 0) is 0 Å². The molecule has 0 radical (unpaired) electrons. The largest absolute Gasteiger partial charge is 0.508 e. The summed E-state index contributed by atoms with van der Waals surface area (Å²) in [6, 6.07) is 4.63. The number of nitrogens with one attached hydrogen (secondary N) is 1. The monoisotopic (exact) mass is 177 g/mol. The van der Waals surface area contributed by atoms with Gasteiger partial charge in [0.05, 0.1) is 0 Å². The van der Waals surface area contributed by atoms with E-state index in [4.69, 9.17) is 5.11 Å². The minimum absolute atomic E-state index is 0.0669. The molecule has 0 atom stereocenters. The summed E-state index contributed by atoms with van der Waals surface area (Å²) in [6.07, 6.45) is -4.43. The summed E-state index contributed by atoms with van der Waals surface area (Å²) in [5.74, 6) is -0.0669. The molecule has 12 heavy (non-hydrogen) atoms. The molecule has 0 spiro atoms. The van der Waals surface area contributed by atoms with Crippen molar-refractivity contribution >= 4 is 5.69 Å². The summed E-state index contributed by atoms with van der Waals surface area (Å²) in [6.45, 7) is 0. The van der Waals surface area contributed by atoms with Gasteiger partial charge in [-0.2, -0.15) is 13.2 Å². The number of anilines is 1. The Kier molecular flexibility index (Phi) is 2.12. The van der Waals surface area contributed by atoms with E-state index in [1.165, 1.54) is 17.4 Å². The Morgan fingerprint density at radius 2 is 1.58 bits per heavy atom. The molecular weight excluding hydrogens is 171 g/mol. The van der Waals surface area contributed by atoms with Crippen LogP contribution >= 0.6 is 0 Å². The number of benzene rings is 1. The van der Waals surface area contributed by atoms with Crippen molar-refractivity contribution in [3.05, 3.63) is 24.3 Å². The Balaban J connectivity index is 2.71. The standard InChI is InChI=1S/C7H6F3NO/c8-7(9,10)11-5-1-3-6(12)4-2-5/h1-4,11-12H. The van der Waals surface area contributed by atoms with Crippen molar-refractivity contribution in [3.8, 4) is 5.75 Å². The van der Waals surface area contributed by atoms with Crippen molar-refractivity contribution in [1.82, 2.24) is 0 Å². The van der Waals surface area contributed by atoms with Crippen molar-refractivity contribution in [2.24, 2.45) is 0 Å². The number of alkyl halides is 3. The Labute approximate surface area is 66.6 Å². The first-order valence-corrected chi connectivity index (χ1v) is 3.11. The van der Waals surface area contributed by atoms with E-state index in [1.807, 2.05) is 0 Å². The zero-order valence-electron chi connectivity index (χ0n) is 5.89. The molecule has 0 fully saturated rings. The molecular formula is C7H6F3NO. The second-order valence-corrected chi connectivity index (χ2v) is 2.17. The zero-order valence-corrected chi connectivity index (χ0v) is 5.89. The van der Waals surface area contributed by atoms with Gasteiger partial charge in [0, 0.05) is 5.69 Å². The molecule has 1 aromatic carbocycles. The van der Waals surface area contributed by atoms with Crippen molar-refractivity contribution in [2.75, 3.05) is 5.32 Å². The number of phenols is 1. The SMILES string of the molecule is Oc1ccc(NC(F)(F)F)cc1. The van der Waals surface area contributed by atoms with E-state index in [1.54, 1.807) is 0 Å². The van der Waals surface area contributed by atoms with Crippen LogP contribution in [0.4, 0.5) is 18.9 Å². The number of rotatable bonds is 1. The third-order valence-electron chi connectivity index (χ3n) is 1.15. The predicted molar refractivity (Wildman–Crippen MR) is 37.8 cm³/mol. The summed E-state index contributed by atoms with van der Waals surface area (Å²) >= 11 is 0. The van der Waals surface area contributed by atoms with E-state index in [9.17, 15) is 13.2 Å². The molecule has 0 saturated heterocycles. The van der Waals surface area contributed by atoms with Crippen molar-refractivity contribution < 1.29 is 18.3 Å². The summed E-state index contributed by atoms with van der Waals surface area (Å²) in [5.41, 5.74) is -0.0969. The van der Waals surface area contributed by atoms with Crippen molar-refractivity contribution in [1.29, 1.82) is 0 Å². The molecule has 5 heteroatoms. The van der Waals surface area contributed by atoms with Crippen LogP contribution in [0.2, 0.25) is 0 Å². The summed E-state index contributed by atoms with van der Waals surface area (Å²) in [7, 11) is 0. The van der Waals surface area contributed by atoms with Crippen LogP contribution in [0.15, 0.2) is 24.3 Å². The maximum absolute atomic E-state index is 11.7. The van der Waals surface area contributed by atoms with E-state index in [-0.39, 0.29) is 11.4 Å². The summed E-state index contributed by atoms with van der Waals surface area (Å²) in [5, 5.41) is 10.0. The average Bonchev–Trinajstić information content (AvgIpc) is 1.91. The van der Waals surface area contributed by atoms with Crippen LogP contribution in [0, 0.1) is 0 Å². The quantitative estimate of drug-likeness (QED) is 0.509. The molecule has 1 rings (SSSR count). The van der Waals surface area contributed by atoms with Gasteiger partial charge in [-0.05, 0) is 24.3 Å². The van der Waals surface area contributed by atoms with Gasteiger partial charge in [-0.3, -0.25) is 5.32 Å². The van der Waals surface area contributed by atoms with Gasteiger partial charge in [0.15, 0.2) is 0 Å². The number of hydrogen-bond acceptors (Lipinski definition) is 2. The van der Waals surface area contributed by atoms with Gasteiger partial charge in [-0.15, -0.1) is 0 Å². The van der Waals surface area contributed by atoms with Crippen LogP contribution in [0.5, 0.6) is 5.75 Å². The minimum atomic E-state index is -4.43. The molecule has 0 aliphatic heterocycles. The normalized spacial score (nSPS) is 11.2. The summed E-state index contributed by atoms with van der Waals surface area (Å²) in [4.78, 5) is 0. The first-order chi connectivity index (χ1) is 5.47. The number of aromatic hydroxyl groups is 1. The fourth-order valence-corrected chi connectivity index (χ4v) is 0.708. The summed E-state index contributed by atoms with van der Waals surface area (Å²) < 4.78 is 35.0. The molecule has 0 bridgehead atoms. The maximum Gasteiger partial charge on any atom is 0.482 e. The molecule has 66 valence electrons. The average molecular weight is 177 g/mol. The molecule has 0 saturated carbocycles. The van der Waals surface area contributed by atoms with Gasteiger partial charge in [-0.1, -0.05) is 0 Å². The van der Waals surface area contributed by atoms with Crippen LogP contribution in [-0.4, -0.2) is 11.4 Å². The fourth-order valence-electron chi connectivity index (χ4n) is 0.708. The molecule has 1 aromatic rings. The Morgan fingerprint density at radius 1 is 1.08 bits per heavy atom. The van der Waals surface area contributed by atoms with E-state index in [0.717, 1.165) is 12.1 Å². The van der Waals surface area contributed by atoms with Crippen LogP contribution in [0.25, 0.3) is 0 Å². The van der Waals surface area contributed by atoms with E-state index < -0.39 is 6.30 Å². The zero-order chi connectivity index (χ0) is 9.19. The fraction of sp³-hybridized carbons (Fsp3) is 0.143. The Morgan fingerprint density at radius 3 is 2.00 bits per heavy atom. The van der Waals surface area contributed by atoms with Crippen LogP contribution in [0.3, 0.4) is 0 Å². The molecule has 0 aromatic heterocycles. The second-order valence-electron chi connectivity index (χ2n) is 2.17. The molecule has 2 N–H and O–H groups in total. The minimum Gasteiger partial charge on any atom is -0.508 e. The number of hydrogen-bond donors (Lipinski definition) is 2. The molecule has 0 aliphatic carbocycles. The van der Waals surface area contributed by atoms with Crippen LogP contribution in [0.1, 0.15) is 0 Å². The van der Waals surface area contributed by atoms with Gasteiger partial charge >= 0.3 is 6.30 Å². The lowest BCUT2D eigenvalue weighted by molar-refractivity contribution is -0.0999. The highest BCUT2D eigenvalue weighted by atomic mass is 19.4. The lowest BCUT2D eigenvalue weighted by atomic mass is 10.3. The molecule has 0 amide bonds. The molecule has 2 nitrogen and oxygen atoms in total. The van der Waals surface area contributed by atoms with Crippen LogP contribution < -0.4 is 5.32 Å². The Hall–Kier alpha value is -1.39. The van der Waals surface area contributed by atoms with E-state index >= 15 is 0 Å². The van der Waals surface area contributed by atoms with Gasteiger partial charge in [0.2, 0.25) is 0 Å². The van der Waals surface area contributed by atoms with Crippen molar-refractivity contribution in [2.45, 2.75) is 6.30 Å². The van der Waals surface area contributed by atoms with Gasteiger partial charge < -0.3 is 5.11 Å². The molecule has 0 unspecified atom stereocenters.